The molecule has 0 radical (unpaired) electrons. The molecule has 1 saturated carbocycles. The zero-order chi connectivity index (χ0) is 15.0. The van der Waals surface area contributed by atoms with Crippen LogP contribution in [0, 0.1) is 0 Å². The average Bonchev–Trinajstić information content (AvgIpc) is 3.15. The summed E-state index contributed by atoms with van der Waals surface area (Å²) in [4.78, 5) is 4.38. The first kappa shape index (κ1) is 15.6. The molecule has 2 N–H and O–H groups in total. The summed E-state index contributed by atoms with van der Waals surface area (Å²) in [7, 11) is 0. The van der Waals surface area contributed by atoms with Gasteiger partial charge in [-0.05, 0) is 24.8 Å². The molecule has 1 aliphatic carbocycles. The molecule has 0 bridgehead atoms. The first-order chi connectivity index (χ1) is 10.7. The Balaban J connectivity index is 0.00000156. The van der Waals surface area contributed by atoms with Crippen molar-refractivity contribution in [2.45, 2.75) is 31.3 Å². The van der Waals surface area contributed by atoms with Crippen LogP contribution in [0.15, 0.2) is 41.1 Å². The normalized spacial score (nSPS) is 15.7. The zero-order valence-electron chi connectivity index (χ0n) is 12.4. The lowest BCUT2D eigenvalue weighted by atomic mass is 9.77. The van der Waals surface area contributed by atoms with E-state index < -0.39 is 5.54 Å². The molecule has 3 aromatic rings. The molecule has 0 atom stereocenters. The van der Waals surface area contributed by atoms with Crippen molar-refractivity contribution in [3.63, 3.8) is 0 Å². The fraction of sp³-hybridized carbons (Fsp3) is 0.333. The minimum Gasteiger partial charge on any atom is -0.332 e. The van der Waals surface area contributed by atoms with Crippen LogP contribution in [0.3, 0.4) is 0 Å². The van der Waals surface area contributed by atoms with Crippen molar-refractivity contribution in [3.8, 4) is 11.6 Å². The van der Waals surface area contributed by atoms with E-state index in [0.29, 0.717) is 24.0 Å². The second-order valence-electron chi connectivity index (χ2n) is 5.72. The summed E-state index contributed by atoms with van der Waals surface area (Å²) >= 11 is 0. The van der Waals surface area contributed by atoms with Crippen molar-refractivity contribution in [1.29, 1.82) is 0 Å². The Morgan fingerprint density at radius 1 is 1.22 bits per heavy atom. The maximum absolute atomic E-state index is 6.20. The highest BCUT2D eigenvalue weighted by Crippen LogP contribution is 2.37. The van der Waals surface area contributed by atoms with Crippen molar-refractivity contribution in [2.75, 3.05) is 0 Å². The van der Waals surface area contributed by atoms with Crippen molar-refractivity contribution in [1.82, 2.24) is 25.1 Å². The van der Waals surface area contributed by atoms with Gasteiger partial charge in [-0.3, -0.25) is 0 Å². The van der Waals surface area contributed by atoms with Gasteiger partial charge in [0.25, 0.3) is 5.89 Å². The predicted octanol–water partition coefficient (Wildman–Crippen LogP) is 2.14. The van der Waals surface area contributed by atoms with E-state index in [9.17, 15) is 0 Å². The highest BCUT2D eigenvalue weighted by molar-refractivity contribution is 5.85. The number of rotatable bonds is 4. The molecule has 7 nitrogen and oxygen atoms in total. The predicted molar refractivity (Wildman–Crippen MR) is 85.8 cm³/mol. The molecule has 1 aromatic carbocycles. The molecular formula is C15H17ClN6O. The number of nitrogens with zero attached hydrogens (tertiary/aromatic N) is 5. The van der Waals surface area contributed by atoms with Gasteiger partial charge in [-0.15, -0.1) is 17.5 Å². The van der Waals surface area contributed by atoms with E-state index in [2.05, 4.69) is 20.5 Å². The van der Waals surface area contributed by atoms with E-state index in [0.717, 1.165) is 24.8 Å². The summed E-state index contributed by atoms with van der Waals surface area (Å²) in [5, 5.41) is 12.2. The van der Waals surface area contributed by atoms with E-state index in [1.165, 1.54) is 0 Å². The smallest absolute Gasteiger partial charge is 0.280 e. The van der Waals surface area contributed by atoms with Gasteiger partial charge >= 0.3 is 0 Å². The Bertz CT molecular complexity index is 780. The zero-order valence-corrected chi connectivity index (χ0v) is 13.2. The Kier molecular flexibility index (Phi) is 4.14. The lowest BCUT2D eigenvalue weighted by Crippen LogP contribution is -2.44. The molecule has 2 heterocycles. The quantitative estimate of drug-likeness (QED) is 0.786. The van der Waals surface area contributed by atoms with Crippen LogP contribution >= 0.6 is 12.4 Å². The molecular weight excluding hydrogens is 316 g/mol. The Labute approximate surface area is 139 Å². The van der Waals surface area contributed by atoms with Crippen LogP contribution in [-0.2, 0) is 12.1 Å². The fourth-order valence-electron chi connectivity index (χ4n) is 2.56. The molecule has 23 heavy (non-hydrogen) atoms. The largest absolute Gasteiger partial charge is 0.332 e. The second-order valence-corrected chi connectivity index (χ2v) is 5.72. The van der Waals surface area contributed by atoms with Crippen molar-refractivity contribution >= 4 is 12.4 Å². The lowest BCUT2D eigenvalue weighted by molar-refractivity contribution is 0.229. The third-order valence-electron chi connectivity index (χ3n) is 4.06. The molecule has 1 aliphatic rings. The van der Waals surface area contributed by atoms with Gasteiger partial charge in [0.1, 0.15) is 0 Å². The van der Waals surface area contributed by atoms with Gasteiger partial charge in [-0.25, -0.2) is 4.68 Å². The van der Waals surface area contributed by atoms with Crippen LogP contribution in [0.2, 0.25) is 0 Å². The molecule has 0 unspecified atom stereocenters. The summed E-state index contributed by atoms with van der Waals surface area (Å²) in [6.07, 6.45) is 4.70. The highest BCUT2D eigenvalue weighted by Gasteiger charge is 2.39. The van der Waals surface area contributed by atoms with Crippen molar-refractivity contribution in [3.05, 3.63) is 47.9 Å². The van der Waals surface area contributed by atoms with Gasteiger partial charge in [-0.2, -0.15) is 4.98 Å². The maximum atomic E-state index is 6.20. The first-order valence-corrected chi connectivity index (χ1v) is 7.30. The monoisotopic (exact) mass is 332 g/mol. The van der Waals surface area contributed by atoms with Gasteiger partial charge in [0, 0.05) is 0 Å². The molecule has 0 saturated heterocycles. The van der Waals surface area contributed by atoms with Gasteiger partial charge in [0.15, 0.2) is 11.5 Å². The highest BCUT2D eigenvalue weighted by atomic mass is 35.5. The number of aromatic nitrogens is 5. The second kappa shape index (κ2) is 6.10. The Morgan fingerprint density at radius 3 is 2.70 bits per heavy atom. The van der Waals surface area contributed by atoms with Crippen LogP contribution in [0.4, 0.5) is 0 Å². The number of benzene rings is 1. The van der Waals surface area contributed by atoms with Crippen molar-refractivity contribution in [2.24, 2.45) is 5.73 Å². The summed E-state index contributed by atoms with van der Waals surface area (Å²) in [6.45, 7) is 0.648. The number of hydrogen-bond donors (Lipinski definition) is 1. The van der Waals surface area contributed by atoms with Crippen LogP contribution in [-0.4, -0.2) is 25.1 Å². The molecule has 120 valence electrons. The Hall–Kier alpha value is -2.25. The van der Waals surface area contributed by atoms with Gasteiger partial charge < -0.3 is 10.3 Å². The molecule has 2 aromatic heterocycles. The minimum atomic E-state index is -0.429. The van der Waals surface area contributed by atoms with E-state index in [4.69, 9.17) is 10.3 Å². The van der Waals surface area contributed by atoms with Crippen LogP contribution in [0.5, 0.6) is 0 Å². The molecule has 0 aliphatic heterocycles. The topological polar surface area (TPSA) is 95.7 Å². The third-order valence-corrected chi connectivity index (χ3v) is 4.06. The SMILES string of the molecule is Cl.NC1(c2noc(-c3cn(Cc4ccccc4)nn3)n2)CCC1. The van der Waals surface area contributed by atoms with E-state index in [-0.39, 0.29) is 12.4 Å². The summed E-state index contributed by atoms with van der Waals surface area (Å²) < 4.78 is 7.03. The molecule has 8 heteroatoms. The molecule has 0 amide bonds. The van der Waals surface area contributed by atoms with E-state index in [1.807, 2.05) is 30.3 Å². The first-order valence-electron chi connectivity index (χ1n) is 7.30. The number of nitrogens with two attached hydrogens (primary N) is 1. The molecule has 1 fully saturated rings. The van der Waals surface area contributed by atoms with E-state index >= 15 is 0 Å². The van der Waals surface area contributed by atoms with Crippen LogP contribution in [0.1, 0.15) is 30.7 Å². The lowest BCUT2D eigenvalue weighted by Gasteiger charge is -2.34. The fourth-order valence-corrected chi connectivity index (χ4v) is 2.56. The van der Waals surface area contributed by atoms with Gasteiger partial charge in [0.05, 0.1) is 18.3 Å². The van der Waals surface area contributed by atoms with Crippen LogP contribution in [0.25, 0.3) is 11.6 Å². The summed E-state index contributed by atoms with van der Waals surface area (Å²) in [5.41, 5.74) is 7.49. The molecule has 4 rings (SSSR count). The van der Waals surface area contributed by atoms with Gasteiger partial charge in [0.2, 0.25) is 0 Å². The van der Waals surface area contributed by atoms with E-state index in [1.54, 1.807) is 10.9 Å². The summed E-state index contributed by atoms with van der Waals surface area (Å²) in [6, 6.07) is 10.1. The maximum Gasteiger partial charge on any atom is 0.280 e. The number of hydrogen-bond acceptors (Lipinski definition) is 6. The average molecular weight is 333 g/mol. The van der Waals surface area contributed by atoms with Crippen molar-refractivity contribution < 1.29 is 4.52 Å². The minimum absolute atomic E-state index is 0. The van der Waals surface area contributed by atoms with Gasteiger partial charge in [-0.1, -0.05) is 40.7 Å². The summed E-state index contributed by atoms with van der Waals surface area (Å²) in [5.74, 6) is 0.928. The third kappa shape index (κ3) is 2.97. The van der Waals surface area contributed by atoms with Crippen LogP contribution < -0.4 is 5.73 Å². The standard InChI is InChI=1S/C15H16N6O.ClH/c16-15(7-4-8-15)14-17-13(22-19-14)12-10-21(20-18-12)9-11-5-2-1-3-6-11;/h1-3,5-6,10H,4,7-9,16H2;1H. The molecule has 0 spiro atoms. The Morgan fingerprint density at radius 2 is 2.00 bits per heavy atom. The number of halogens is 1.